The number of aromatic nitrogens is 3. The van der Waals surface area contributed by atoms with Gasteiger partial charge in [-0.1, -0.05) is 0 Å². The molecule has 4 bridgehead atoms. The number of carbonyl (C=O) groups is 1. The van der Waals surface area contributed by atoms with E-state index in [0.29, 0.717) is 35.6 Å². The minimum atomic E-state index is -0.486. The number of primary amides is 1. The third-order valence-corrected chi connectivity index (χ3v) is 6.75. The van der Waals surface area contributed by atoms with Gasteiger partial charge in [0.05, 0.1) is 29.0 Å². The predicted molar refractivity (Wildman–Crippen MR) is 104 cm³/mol. The molecule has 7 heteroatoms. The lowest BCUT2D eigenvalue weighted by molar-refractivity contribution is -0.129. The molecular weight excluding hydrogens is 354 g/mol. The van der Waals surface area contributed by atoms with Crippen LogP contribution in [0, 0.1) is 17.8 Å². The lowest BCUT2D eigenvalue weighted by Gasteiger charge is -2.58. The van der Waals surface area contributed by atoms with E-state index < -0.39 is 11.5 Å². The first-order chi connectivity index (χ1) is 13.5. The van der Waals surface area contributed by atoms with Crippen molar-refractivity contribution in [3.8, 4) is 0 Å². The molecule has 2 aromatic heterocycles. The van der Waals surface area contributed by atoms with Crippen molar-refractivity contribution in [3.05, 3.63) is 47.8 Å². The van der Waals surface area contributed by atoms with Gasteiger partial charge in [0, 0.05) is 24.6 Å². The van der Waals surface area contributed by atoms with Crippen molar-refractivity contribution in [2.45, 2.75) is 50.2 Å². The molecular formula is C21H25N5O2. The number of pyridine rings is 1. The molecule has 3 unspecified atom stereocenters. The van der Waals surface area contributed by atoms with Crippen molar-refractivity contribution in [1.29, 1.82) is 0 Å². The molecule has 0 aromatic carbocycles. The van der Waals surface area contributed by atoms with Crippen molar-refractivity contribution in [1.82, 2.24) is 15.0 Å². The van der Waals surface area contributed by atoms with Crippen molar-refractivity contribution < 1.29 is 9.90 Å². The van der Waals surface area contributed by atoms with Crippen molar-refractivity contribution in [3.63, 3.8) is 0 Å². The Balaban J connectivity index is 1.42. The third-order valence-electron chi connectivity index (χ3n) is 6.75. The van der Waals surface area contributed by atoms with Crippen LogP contribution in [0.4, 0.5) is 5.69 Å². The maximum Gasteiger partial charge on any atom is 0.252 e. The van der Waals surface area contributed by atoms with E-state index in [2.05, 4.69) is 20.3 Å². The summed E-state index contributed by atoms with van der Waals surface area (Å²) in [5.41, 5.74) is 7.06. The molecule has 7 nitrogen and oxygen atoms in total. The first-order valence-corrected chi connectivity index (χ1v) is 10.0. The summed E-state index contributed by atoms with van der Waals surface area (Å²) in [4.78, 5) is 24.9. The Kier molecular flexibility index (Phi) is 4.08. The molecule has 4 aliphatic carbocycles. The first kappa shape index (κ1) is 17.6. The van der Waals surface area contributed by atoms with E-state index in [1.54, 1.807) is 24.7 Å². The van der Waals surface area contributed by atoms with Crippen LogP contribution in [-0.2, 0) is 6.42 Å². The largest absolute Gasteiger partial charge is 0.390 e. The van der Waals surface area contributed by atoms with Gasteiger partial charge in [0.2, 0.25) is 0 Å². The Bertz CT molecular complexity index is 887. The number of nitrogens with one attached hydrogen (secondary N) is 1. The number of carbonyl (C=O) groups excluding carboxylic acids is 1. The molecule has 2 heterocycles. The van der Waals surface area contributed by atoms with E-state index in [1.165, 1.54) is 0 Å². The topological polar surface area (TPSA) is 114 Å². The van der Waals surface area contributed by atoms with Gasteiger partial charge >= 0.3 is 0 Å². The second-order valence-corrected chi connectivity index (χ2v) is 8.79. The number of aliphatic hydroxyl groups is 1. The van der Waals surface area contributed by atoms with Crippen LogP contribution >= 0.6 is 0 Å². The van der Waals surface area contributed by atoms with Gasteiger partial charge in [0.15, 0.2) is 0 Å². The van der Waals surface area contributed by atoms with Crippen molar-refractivity contribution >= 4 is 11.6 Å². The number of amides is 1. The molecule has 2 aromatic rings. The Morgan fingerprint density at radius 2 is 1.89 bits per heavy atom. The number of nitrogens with two attached hydrogens (primary N) is 1. The first-order valence-electron chi connectivity index (χ1n) is 10.0. The minimum Gasteiger partial charge on any atom is -0.390 e. The molecule has 6 rings (SSSR count). The number of hydrogen-bond acceptors (Lipinski definition) is 6. The van der Waals surface area contributed by atoms with Gasteiger partial charge < -0.3 is 16.2 Å². The molecule has 28 heavy (non-hydrogen) atoms. The normalized spacial score (nSPS) is 33.0. The Hall–Kier alpha value is -2.54. The number of rotatable bonds is 5. The summed E-state index contributed by atoms with van der Waals surface area (Å²) in [5, 5.41) is 14.4. The summed E-state index contributed by atoms with van der Waals surface area (Å²) in [5.74, 6) is 1.71. The molecule has 0 radical (unpaired) electrons. The summed E-state index contributed by atoms with van der Waals surface area (Å²) < 4.78 is 0. The zero-order chi connectivity index (χ0) is 19.3. The zero-order valence-corrected chi connectivity index (χ0v) is 15.7. The van der Waals surface area contributed by atoms with Crippen LogP contribution in [0.3, 0.4) is 0 Å². The van der Waals surface area contributed by atoms with Gasteiger partial charge in [-0.05, 0) is 62.0 Å². The zero-order valence-electron chi connectivity index (χ0n) is 15.7. The summed E-state index contributed by atoms with van der Waals surface area (Å²) in [7, 11) is 0. The minimum absolute atomic E-state index is 0.262. The van der Waals surface area contributed by atoms with Crippen LogP contribution < -0.4 is 11.1 Å². The molecule has 4 aliphatic rings. The molecule has 0 saturated heterocycles. The monoisotopic (exact) mass is 379 g/mol. The second-order valence-electron chi connectivity index (χ2n) is 8.79. The standard InChI is InChI=1S/C21H25N5O2/c22-20(27)16-11-25-15(7-18-23-2-1-3-24-18)6-17(16)26-19-13-4-12-5-14(19)10-21(28,8-12)9-13/h1-3,6,11-14,19,28H,4-5,7-10H2,(H2,22,27)(H,25,26)/t12?,13-,14+,19?,21?. The summed E-state index contributed by atoms with van der Waals surface area (Å²) in [6.07, 6.45) is 10.4. The Labute approximate surface area is 163 Å². The van der Waals surface area contributed by atoms with Gasteiger partial charge in [-0.2, -0.15) is 0 Å². The molecule has 4 saturated carbocycles. The fourth-order valence-electron chi connectivity index (χ4n) is 5.89. The SMILES string of the molecule is NC(=O)c1cnc(Cc2ncccn2)cc1NC1[C@@H]2CC3C[C@H]1CC(O)(C3)C2. The molecule has 0 aliphatic heterocycles. The van der Waals surface area contributed by atoms with Crippen LogP contribution in [0.1, 0.15) is 54.0 Å². The number of hydrogen-bond donors (Lipinski definition) is 3. The maximum absolute atomic E-state index is 12.0. The molecule has 1 amide bonds. The third kappa shape index (κ3) is 3.13. The molecule has 4 N–H and O–H groups in total. The summed E-state index contributed by atoms with van der Waals surface area (Å²) in [6, 6.07) is 3.94. The van der Waals surface area contributed by atoms with E-state index in [1.807, 2.05) is 6.07 Å². The van der Waals surface area contributed by atoms with Crippen LogP contribution in [0.25, 0.3) is 0 Å². The highest BCUT2D eigenvalue weighted by Gasteiger charge is 2.54. The van der Waals surface area contributed by atoms with Crippen LogP contribution in [0.5, 0.6) is 0 Å². The fraction of sp³-hybridized carbons (Fsp3) is 0.524. The summed E-state index contributed by atoms with van der Waals surface area (Å²) >= 11 is 0. The van der Waals surface area contributed by atoms with E-state index in [0.717, 1.165) is 43.5 Å². The highest BCUT2D eigenvalue weighted by molar-refractivity contribution is 5.98. The molecule has 0 spiro atoms. The predicted octanol–water partition coefficient (Wildman–Crippen LogP) is 1.91. The van der Waals surface area contributed by atoms with E-state index >= 15 is 0 Å². The van der Waals surface area contributed by atoms with Crippen LogP contribution in [-0.4, -0.2) is 37.6 Å². The summed E-state index contributed by atoms with van der Waals surface area (Å²) in [6.45, 7) is 0. The highest BCUT2D eigenvalue weighted by atomic mass is 16.3. The van der Waals surface area contributed by atoms with Gasteiger partial charge in [-0.3, -0.25) is 9.78 Å². The van der Waals surface area contributed by atoms with Gasteiger partial charge in [-0.25, -0.2) is 9.97 Å². The second kappa shape index (κ2) is 6.51. The van der Waals surface area contributed by atoms with Gasteiger partial charge in [0.25, 0.3) is 5.91 Å². The lowest BCUT2D eigenvalue weighted by Crippen LogP contribution is -2.59. The fourth-order valence-corrected chi connectivity index (χ4v) is 5.89. The quantitative estimate of drug-likeness (QED) is 0.731. The average Bonchev–Trinajstić information content (AvgIpc) is 2.64. The van der Waals surface area contributed by atoms with E-state index in [-0.39, 0.29) is 6.04 Å². The number of nitrogens with zero attached hydrogens (tertiary/aromatic N) is 3. The van der Waals surface area contributed by atoms with Crippen molar-refractivity contribution in [2.24, 2.45) is 23.5 Å². The average molecular weight is 379 g/mol. The molecule has 5 atom stereocenters. The van der Waals surface area contributed by atoms with E-state index in [9.17, 15) is 9.90 Å². The van der Waals surface area contributed by atoms with E-state index in [4.69, 9.17) is 5.73 Å². The molecule has 146 valence electrons. The Morgan fingerprint density at radius 1 is 1.18 bits per heavy atom. The molecule has 4 fully saturated rings. The van der Waals surface area contributed by atoms with Crippen molar-refractivity contribution in [2.75, 3.05) is 5.32 Å². The van der Waals surface area contributed by atoms with Gasteiger partial charge in [-0.15, -0.1) is 0 Å². The smallest absolute Gasteiger partial charge is 0.252 e. The van der Waals surface area contributed by atoms with Crippen LogP contribution in [0.15, 0.2) is 30.7 Å². The Morgan fingerprint density at radius 3 is 2.54 bits per heavy atom. The number of anilines is 1. The van der Waals surface area contributed by atoms with Gasteiger partial charge in [0.1, 0.15) is 5.82 Å². The maximum atomic E-state index is 12.0. The highest BCUT2D eigenvalue weighted by Crippen LogP contribution is 2.56. The lowest BCUT2D eigenvalue weighted by atomic mass is 9.52. The van der Waals surface area contributed by atoms with Crippen LogP contribution in [0.2, 0.25) is 0 Å².